The number of aromatic amines is 1. The first-order valence-electron chi connectivity index (χ1n) is 9.44. The molecule has 0 aliphatic carbocycles. The quantitative estimate of drug-likeness (QED) is 0.477. The summed E-state index contributed by atoms with van der Waals surface area (Å²) in [7, 11) is 1.67. The van der Waals surface area contributed by atoms with E-state index < -0.39 is 0 Å². The highest BCUT2D eigenvalue weighted by Gasteiger charge is 2.25. The molecule has 0 unspecified atom stereocenters. The van der Waals surface area contributed by atoms with Gasteiger partial charge in [-0.05, 0) is 65.7 Å². The number of thioether (sulfide) groups is 1. The summed E-state index contributed by atoms with van der Waals surface area (Å²) in [4.78, 5) is 31.4. The molecular weight excluding hydrogens is 400 g/mol. The van der Waals surface area contributed by atoms with Crippen LogP contribution in [0.2, 0.25) is 0 Å². The fraction of sp³-hybridized carbons (Fsp3) is 0.136. The second-order valence-electron chi connectivity index (χ2n) is 7.01. The van der Waals surface area contributed by atoms with E-state index in [1.807, 2.05) is 48.9 Å². The summed E-state index contributed by atoms with van der Waals surface area (Å²) in [5, 5.41) is 3.09. The molecule has 1 fully saturated rings. The van der Waals surface area contributed by atoms with Crippen molar-refractivity contribution in [3.05, 3.63) is 65.0 Å². The van der Waals surface area contributed by atoms with Crippen LogP contribution in [0.5, 0.6) is 5.75 Å². The second kappa shape index (κ2) is 7.38. The van der Waals surface area contributed by atoms with Gasteiger partial charge in [-0.2, -0.15) is 0 Å². The lowest BCUT2D eigenvalue weighted by atomic mass is 10.1. The van der Waals surface area contributed by atoms with E-state index in [0.717, 1.165) is 58.0 Å². The van der Waals surface area contributed by atoms with Crippen LogP contribution in [0.1, 0.15) is 11.1 Å². The molecule has 1 aliphatic rings. The maximum Gasteiger partial charge on any atom is 0.290 e. The molecule has 5 rings (SSSR count). The lowest BCUT2D eigenvalue weighted by Gasteiger charge is -2.06. The zero-order valence-corrected chi connectivity index (χ0v) is 17.0. The number of fused-ring (bicyclic) bond motifs is 2. The number of aryl methyl sites for hydroxylation is 2. The minimum Gasteiger partial charge on any atom is -0.497 e. The number of hydrogen-bond donors (Lipinski definition) is 2. The highest BCUT2D eigenvalue weighted by molar-refractivity contribution is 8.18. The zero-order valence-electron chi connectivity index (χ0n) is 16.1. The Kier molecular flexibility index (Phi) is 4.55. The first-order chi connectivity index (χ1) is 14.6. The lowest BCUT2D eigenvalue weighted by molar-refractivity contribution is -0.115. The van der Waals surface area contributed by atoms with Crippen LogP contribution in [0.3, 0.4) is 0 Å². The number of H-pyrrole nitrogens is 1. The van der Waals surface area contributed by atoms with Crippen molar-refractivity contribution in [3.63, 3.8) is 0 Å². The minimum absolute atomic E-state index is 0.340. The summed E-state index contributed by atoms with van der Waals surface area (Å²) in [6.07, 6.45) is 6.42. The molecule has 2 N–H and O–H groups in total. The van der Waals surface area contributed by atoms with Crippen LogP contribution in [-0.4, -0.2) is 32.8 Å². The van der Waals surface area contributed by atoms with E-state index in [0.29, 0.717) is 4.91 Å². The second-order valence-corrected chi connectivity index (χ2v) is 8.03. The Labute approximate surface area is 176 Å². The van der Waals surface area contributed by atoms with Crippen LogP contribution in [0, 0.1) is 0 Å². The van der Waals surface area contributed by atoms with Crippen LogP contribution in [-0.2, 0) is 17.8 Å². The van der Waals surface area contributed by atoms with Gasteiger partial charge in [0.15, 0.2) is 0 Å². The van der Waals surface area contributed by atoms with Gasteiger partial charge in [0.05, 0.1) is 29.4 Å². The minimum atomic E-state index is -0.353. The number of imidazole rings is 1. The molecule has 2 aromatic heterocycles. The third-order valence-corrected chi connectivity index (χ3v) is 5.99. The van der Waals surface area contributed by atoms with Crippen molar-refractivity contribution in [2.24, 2.45) is 0 Å². The van der Waals surface area contributed by atoms with E-state index >= 15 is 0 Å². The van der Waals surface area contributed by atoms with Crippen molar-refractivity contribution in [2.45, 2.75) is 13.0 Å². The summed E-state index contributed by atoms with van der Waals surface area (Å²) in [6, 6.07) is 11.8. The molecule has 7 nitrogen and oxygen atoms in total. The first-order valence-corrected chi connectivity index (χ1v) is 10.3. The SMILES string of the molecule is COc1ccc2[nH]cc(CCn3cnc4ccc(/C=C5/SC(=O)NC5=O)cc43)c2c1. The molecule has 0 radical (unpaired) electrons. The van der Waals surface area contributed by atoms with Crippen LogP contribution in [0.25, 0.3) is 28.0 Å². The molecule has 1 aliphatic heterocycles. The van der Waals surface area contributed by atoms with Gasteiger partial charge in [0.25, 0.3) is 11.1 Å². The zero-order chi connectivity index (χ0) is 20.7. The number of benzene rings is 2. The van der Waals surface area contributed by atoms with Gasteiger partial charge in [-0.25, -0.2) is 4.98 Å². The lowest BCUT2D eigenvalue weighted by Crippen LogP contribution is -2.17. The molecular formula is C22H18N4O3S. The molecule has 2 amide bonds. The van der Waals surface area contributed by atoms with Gasteiger partial charge in [0.2, 0.25) is 0 Å². The predicted octanol–water partition coefficient (Wildman–Crippen LogP) is 4.09. The number of methoxy groups -OCH3 is 1. The number of rotatable bonds is 5. The molecule has 8 heteroatoms. The van der Waals surface area contributed by atoms with Gasteiger partial charge in [0, 0.05) is 23.6 Å². The van der Waals surface area contributed by atoms with E-state index in [4.69, 9.17) is 4.74 Å². The predicted molar refractivity (Wildman–Crippen MR) is 117 cm³/mol. The Morgan fingerprint density at radius 1 is 1.20 bits per heavy atom. The highest BCUT2D eigenvalue weighted by Crippen LogP contribution is 2.27. The van der Waals surface area contributed by atoms with Crippen molar-refractivity contribution in [3.8, 4) is 5.75 Å². The molecule has 0 atom stereocenters. The molecule has 150 valence electrons. The van der Waals surface area contributed by atoms with E-state index in [1.54, 1.807) is 13.2 Å². The molecule has 0 bridgehead atoms. The number of amides is 2. The smallest absolute Gasteiger partial charge is 0.290 e. The van der Waals surface area contributed by atoms with Crippen molar-refractivity contribution in [1.29, 1.82) is 0 Å². The van der Waals surface area contributed by atoms with Crippen molar-refractivity contribution in [2.75, 3.05) is 7.11 Å². The Bertz CT molecular complexity index is 1330. The molecule has 1 saturated heterocycles. The summed E-state index contributed by atoms with van der Waals surface area (Å²) in [5.41, 5.74) is 5.01. The topological polar surface area (TPSA) is 89.0 Å². The van der Waals surface area contributed by atoms with Crippen LogP contribution < -0.4 is 10.1 Å². The molecule has 2 aromatic carbocycles. The number of nitrogens with one attached hydrogen (secondary N) is 2. The maximum atomic E-state index is 11.8. The van der Waals surface area contributed by atoms with Gasteiger partial charge >= 0.3 is 0 Å². The van der Waals surface area contributed by atoms with E-state index in [-0.39, 0.29) is 11.1 Å². The van der Waals surface area contributed by atoms with Crippen molar-refractivity contribution in [1.82, 2.24) is 19.9 Å². The summed E-state index contributed by atoms with van der Waals surface area (Å²) in [6.45, 7) is 0.758. The molecule has 0 saturated carbocycles. The van der Waals surface area contributed by atoms with E-state index in [2.05, 4.69) is 19.9 Å². The molecule has 30 heavy (non-hydrogen) atoms. The van der Waals surface area contributed by atoms with Crippen LogP contribution in [0.4, 0.5) is 4.79 Å². The third kappa shape index (κ3) is 3.35. The van der Waals surface area contributed by atoms with Gasteiger partial charge in [-0.1, -0.05) is 6.07 Å². The van der Waals surface area contributed by atoms with Crippen molar-refractivity contribution >= 4 is 50.9 Å². The number of nitrogens with zero attached hydrogens (tertiary/aromatic N) is 2. The summed E-state index contributed by atoms with van der Waals surface area (Å²) >= 11 is 0.918. The van der Waals surface area contributed by atoms with Gasteiger partial charge in [0.1, 0.15) is 5.75 Å². The highest BCUT2D eigenvalue weighted by atomic mass is 32.2. The number of imide groups is 1. The third-order valence-electron chi connectivity index (χ3n) is 5.18. The number of aromatic nitrogens is 3. The number of carbonyl (C=O) groups is 2. The Hall–Kier alpha value is -3.52. The standard InChI is InChI=1S/C22H18N4O3S/c1-29-15-3-5-17-16(10-15)14(11-23-17)6-7-26-12-24-18-4-2-13(8-19(18)26)9-20-21(27)25-22(28)30-20/h2-5,8-12,23H,6-7H2,1H3,(H,25,27,28)/b20-9+. The molecule has 4 aromatic rings. The van der Waals surface area contributed by atoms with E-state index in [1.165, 1.54) is 5.56 Å². The number of hydrogen-bond acceptors (Lipinski definition) is 5. The van der Waals surface area contributed by atoms with Gasteiger partial charge < -0.3 is 14.3 Å². The monoisotopic (exact) mass is 418 g/mol. The average molecular weight is 418 g/mol. The summed E-state index contributed by atoms with van der Waals surface area (Å²) < 4.78 is 7.45. The van der Waals surface area contributed by atoms with E-state index in [9.17, 15) is 9.59 Å². The molecule has 0 spiro atoms. The Balaban J connectivity index is 1.42. The summed E-state index contributed by atoms with van der Waals surface area (Å²) in [5.74, 6) is 0.481. The fourth-order valence-electron chi connectivity index (χ4n) is 3.65. The van der Waals surface area contributed by atoms with Gasteiger partial charge in [-0.3, -0.25) is 14.9 Å². The van der Waals surface area contributed by atoms with Gasteiger partial charge in [-0.15, -0.1) is 0 Å². The van der Waals surface area contributed by atoms with Crippen molar-refractivity contribution < 1.29 is 14.3 Å². The van der Waals surface area contributed by atoms with Crippen LogP contribution in [0.15, 0.2) is 53.8 Å². The maximum absolute atomic E-state index is 11.8. The first kappa shape index (κ1) is 18.5. The number of ether oxygens (including phenoxy) is 1. The Morgan fingerprint density at radius 2 is 2.10 bits per heavy atom. The average Bonchev–Trinajstić information content (AvgIpc) is 3.43. The van der Waals surface area contributed by atoms with Crippen LogP contribution >= 0.6 is 11.8 Å². The Morgan fingerprint density at radius 3 is 2.90 bits per heavy atom. The fourth-order valence-corrected chi connectivity index (χ4v) is 4.33. The largest absolute Gasteiger partial charge is 0.497 e. The normalized spacial score (nSPS) is 15.4. The number of carbonyl (C=O) groups excluding carboxylic acids is 2. The molecule has 3 heterocycles.